The molecule has 0 spiro atoms. The molecule has 2 rings (SSSR count). The third kappa shape index (κ3) is 5.05. The van der Waals surface area contributed by atoms with Crippen molar-refractivity contribution in [3.05, 3.63) is 28.2 Å². The van der Waals surface area contributed by atoms with E-state index in [9.17, 15) is 14.7 Å². The monoisotopic (exact) mass is 362 g/mol. The van der Waals surface area contributed by atoms with Crippen LogP contribution in [0.4, 0.5) is 5.69 Å². The van der Waals surface area contributed by atoms with Crippen molar-refractivity contribution >= 4 is 40.7 Å². The lowest BCUT2D eigenvalue weighted by Gasteiger charge is -2.15. The van der Waals surface area contributed by atoms with Gasteiger partial charge in [-0.1, -0.05) is 23.2 Å². The molecule has 0 radical (unpaired) electrons. The highest BCUT2D eigenvalue weighted by atomic mass is 35.5. The van der Waals surface area contributed by atoms with E-state index < -0.39 is 17.9 Å². The van der Waals surface area contributed by atoms with Gasteiger partial charge >= 0.3 is 0 Å². The predicted octanol–water partition coefficient (Wildman–Crippen LogP) is 0.559. The Morgan fingerprint density at radius 3 is 2.48 bits per heavy atom. The number of aliphatic hydroxyl groups excluding tert-OH is 2. The number of hydrogen-bond donors (Lipinski definition) is 4. The summed E-state index contributed by atoms with van der Waals surface area (Å²) in [5, 5.41) is 24.2. The fraction of sp³-hybridized carbons (Fsp3) is 0.429. The topological polar surface area (TPSA) is 108 Å². The number of aliphatic hydroxyl groups is 2. The Bertz CT molecular complexity index is 578. The second kappa shape index (κ2) is 7.94. The summed E-state index contributed by atoms with van der Waals surface area (Å²) >= 11 is 11.6. The maximum Gasteiger partial charge on any atom is 0.263 e. The first-order chi connectivity index (χ1) is 10.9. The molecular weight excluding hydrogens is 347 g/mol. The summed E-state index contributed by atoms with van der Waals surface area (Å²) in [4.78, 5) is 23.8. The highest BCUT2D eigenvalue weighted by molar-refractivity contribution is 6.35. The molecule has 1 aliphatic heterocycles. The lowest BCUT2D eigenvalue weighted by Crippen LogP contribution is -2.46. The minimum Gasteiger partial charge on any atom is -0.394 e. The van der Waals surface area contributed by atoms with Gasteiger partial charge in [0.1, 0.15) is 0 Å². The smallest absolute Gasteiger partial charge is 0.263 e. The van der Waals surface area contributed by atoms with Crippen LogP contribution in [0, 0.1) is 0 Å². The van der Waals surface area contributed by atoms with E-state index in [4.69, 9.17) is 33.0 Å². The minimum absolute atomic E-state index is 0.148. The average Bonchev–Trinajstić information content (AvgIpc) is 2.92. The summed E-state index contributed by atoms with van der Waals surface area (Å²) < 4.78 is 5.20. The van der Waals surface area contributed by atoms with Crippen LogP contribution in [0.5, 0.6) is 0 Å². The quantitative estimate of drug-likeness (QED) is 0.572. The van der Waals surface area contributed by atoms with E-state index in [1.807, 2.05) is 0 Å². The number of hydrogen-bond acceptors (Lipinski definition) is 5. The zero-order valence-electron chi connectivity index (χ0n) is 12.0. The van der Waals surface area contributed by atoms with Gasteiger partial charge in [-0.25, -0.2) is 0 Å². The predicted molar refractivity (Wildman–Crippen MR) is 84.5 cm³/mol. The first-order valence-corrected chi connectivity index (χ1v) is 7.62. The normalized spacial score (nSPS) is 21.7. The number of anilines is 1. The van der Waals surface area contributed by atoms with E-state index in [-0.39, 0.29) is 31.0 Å². The van der Waals surface area contributed by atoms with Crippen LogP contribution in [0.25, 0.3) is 0 Å². The Morgan fingerprint density at radius 1 is 1.26 bits per heavy atom. The molecule has 9 heteroatoms. The van der Waals surface area contributed by atoms with Crippen molar-refractivity contribution in [1.29, 1.82) is 0 Å². The molecule has 0 aliphatic carbocycles. The molecule has 1 aromatic carbocycles. The molecule has 1 aliphatic rings. The molecule has 0 aromatic heterocycles. The van der Waals surface area contributed by atoms with Crippen LogP contribution in [-0.2, 0) is 14.3 Å². The Kier molecular flexibility index (Phi) is 6.20. The molecule has 126 valence electrons. The minimum atomic E-state index is -1.89. The van der Waals surface area contributed by atoms with Crippen LogP contribution >= 0.6 is 23.2 Å². The molecule has 1 saturated heterocycles. The standard InChI is InChI=1S/C14H16Cl2N2O5/c15-7-1-8(16)3-9(2-7)17-13(21)12(20)14(22)18-10-4-11(5-19)23-6-10/h1-3,10-12,19-20H,4-6H2,(H,17,21)(H,18,22)/t10-,11-,12?/m1/s1. The van der Waals surface area contributed by atoms with E-state index in [1.54, 1.807) is 0 Å². The highest BCUT2D eigenvalue weighted by Gasteiger charge is 2.30. The van der Waals surface area contributed by atoms with Crippen LogP contribution in [0.1, 0.15) is 6.42 Å². The maximum atomic E-state index is 11.9. The van der Waals surface area contributed by atoms with Gasteiger partial charge in [-0.2, -0.15) is 0 Å². The molecule has 3 atom stereocenters. The van der Waals surface area contributed by atoms with Crippen molar-refractivity contribution in [2.75, 3.05) is 18.5 Å². The molecule has 1 aromatic rings. The third-order valence-electron chi connectivity index (χ3n) is 3.26. The number of rotatable bonds is 5. The Hall–Kier alpha value is -1.38. The van der Waals surface area contributed by atoms with Gasteiger partial charge in [0.25, 0.3) is 11.8 Å². The van der Waals surface area contributed by atoms with Gasteiger partial charge in [-0.3, -0.25) is 9.59 Å². The van der Waals surface area contributed by atoms with E-state index >= 15 is 0 Å². The van der Waals surface area contributed by atoms with Crippen LogP contribution in [-0.4, -0.2) is 53.5 Å². The van der Waals surface area contributed by atoms with Gasteiger partial charge in [-0.05, 0) is 24.6 Å². The molecule has 1 unspecified atom stereocenters. The number of amides is 2. The zero-order chi connectivity index (χ0) is 17.0. The van der Waals surface area contributed by atoms with Crippen molar-refractivity contribution in [2.24, 2.45) is 0 Å². The maximum absolute atomic E-state index is 11.9. The van der Waals surface area contributed by atoms with Gasteiger partial charge in [-0.15, -0.1) is 0 Å². The van der Waals surface area contributed by atoms with Crippen LogP contribution in [0.3, 0.4) is 0 Å². The molecule has 0 bridgehead atoms. The molecule has 0 saturated carbocycles. The number of ether oxygens (including phenoxy) is 1. The molecular formula is C14H16Cl2N2O5. The number of halogens is 2. The Labute approximate surface area is 142 Å². The van der Waals surface area contributed by atoms with Crippen LogP contribution in [0.2, 0.25) is 10.0 Å². The highest BCUT2D eigenvalue weighted by Crippen LogP contribution is 2.22. The first-order valence-electron chi connectivity index (χ1n) is 6.87. The van der Waals surface area contributed by atoms with Crippen molar-refractivity contribution < 1.29 is 24.5 Å². The first kappa shape index (κ1) is 18.0. The summed E-state index contributed by atoms with van der Waals surface area (Å²) in [6.07, 6.45) is -1.82. The molecule has 23 heavy (non-hydrogen) atoms. The molecule has 7 nitrogen and oxygen atoms in total. The van der Waals surface area contributed by atoms with E-state index in [2.05, 4.69) is 10.6 Å². The Balaban J connectivity index is 1.90. The van der Waals surface area contributed by atoms with Gasteiger partial charge < -0.3 is 25.6 Å². The third-order valence-corrected chi connectivity index (χ3v) is 3.69. The zero-order valence-corrected chi connectivity index (χ0v) is 13.5. The summed E-state index contributed by atoms with van der Waals surface area (Å²) in [6.45, 7) is 0.0696. The lowest BCUT2D eigenvalue weighted by atomic mass is 10.1. The summed E-state index contributed by atoms with van der Waals surface area (Å²) in [5.74, 6) is -1.75. The van der Waals surface area contributed by atoms with Crippen molar-refractivity contribution in [3.63, 3.8) is 0 Å². The van der Waals surface area contributed by atoms with Gasteiger partial charge in [0, 0.05) is 15.7 Å². The van der Waals surface area contributed by atoms with Crippen molar-refractivity contribution in [2.45, 2.75) is 24.7 Å². The molecule has 2 amide bonds. The fourth-order valence-electron chi connectivity index (χ4n) is 2.17. The average molecular weight is 363 g/mol. The largest absolute Gasteiger partial charge is 0.394 e. The number of carbonyl (C=O) groups excluding carboxylic acids is 2. The second-order valence-electron chi connectivity index (χ2n) is 5.13. The van der Waals surface area contributed by atoms with Crippen LogP contribution < -0.4 is 10.6 Å². The summed E-state index contributed by atoms with van der Waals surface area (Å²) in [7, 11) is 0. The van der Waals surface area contributed by atoms with Gasteiger partial charge in [0.05, 0.1) is 25.4 Å². The number of nitrogens with one attached hydrogen (secondary N) is 2. The Morgan fingerprint density at radius 2 is 1.91 bits per heavy atom. The molecule has 4 N–H and O–H groups in total. The van der Waals surface area contributed by atoms with Gasteiger partial charge in [0.2, 0.25) is 6.10 Å². The van der Waals surface area contributed by atoms with E-state index in [0.717, 1.165) is 0 Å². The SMILES string of the molecule is O=C(Nc1cc(Cl)cc(Cl)c1)C(O)C(=O)N[C@H]1CO[C@@H](CO)C1. The molecule has 1 heterocycles. The summed E-state index contributed by atoms with van der Waals surface area (Å²) in [6, 6.07) is 4.00. The van der Waals surface area contributed by atoms with Crippen LogP contribution in [0.15, 0.2) is 18.2 Å². The molecule has 1 fully saturated rings. The van der Waals surface area contributed by atoms with Gasteiger partial charge in [0.15, 0.2) is 0 Å². The fourth-order valence-corrected chi connectivity index (χ4v) is 2.70. The van der Waals surface area contributed by atoms with Crippen molar-refractivity contribution in [1.82, 2.24) is 5.32 Å². The van der Waals surface area contributed by atoms with E-state index in [1.165, 1.54) is 18.2 Å². The number of benzene rings is 1. The summed E-state index contributed by atoms with van der Waals surface area (Å²) in [5.41, 5.74) is 0.267. The second-order valence-corrected chi connectivity index (χ2v) is 6.00. The number of carbonyl (C=O) groups is 2. The lowest BCUT2D eigenvalue weighted by molar-refractivity contribution is -0.138. The van der Waals surface area contributed by atoms with E-state index in [0.29, 0.717) is 16.5 Å². The van der Waals surface area contributed by atoms with Crippen molar-refractivity contribution in [3.8, 4) is 0 Å².